The van der Waals surface area contributed by atoms with Crippen LogP contribution in [0.15, 0.2) is 36.7 Å². The van der Waals surface area contributed by atoms with Gasteiger partial charge in [-0.15, -0.1) is 0 Å². The van der Waals surface area contributed by atoms with Gasteiger partial charge in [0.05, 0.1) is 24.7 Å². The monoisotopic (exact) mass is 280 g/mol. The number of likely N-dealkylation sites (tertiary alicyclic amines) is 1. The van der Waals surface area contributed by atoms with Gasteiger partial charge in [0.1, 0.15) is 0 Å². The third kappa shape index (κ3) is 3.32. The first-order valence-corrected chi connectivity index (χ1v) is 7.42. The van der Waals surface area contributed by atoms with Gasteiger partial charge >= 0.3 is 0 Å². The van der Waals surface area contributed by atoms with Crippen molar-refractivity contribution in [1.82, 2.24) is 14.7 Å². The number of rotatable bonds is 4. The van der Waals surface area contributed by atoms with Crippen molar-refractivity contribution in [1.29, 1.82) is 5.26 Å². The minimum atomic E-state index is 0.491. The van der Waals surface area contributed by atoms with Crippen molar-refractivity contribution in [3.8, 4) is 6.07 Å². The van der Waals surface area contributed by atoms with Gasteiger partial charge in [0.25, 0.3) is 0 Å². The van der Waals surface area contributed by atoms with E-state index in [1.165, 1.54) is 11.1 Å². The summed E-state index contributed by atoms with van der Waals surface area (Å²) in [4.78, 5) is 2.47. The van der Waals surface area contributed by atoms with Gasteiger partial charge in [0, 0.05) is 25.8 Å². The molecule has 3 rings (SSSR count). The van der Waals surface area contributed by atoms with Crippen LogP contribution in [0.3, 0.4) is 0 Å². The van der Waals surface area contributed by atoms with E-state index in [-0.39, 0.29) is 0 Å². The van der Waals surface area contributed by atoms with E-state index in [0.717, 1.165) is 31.6 Å². The summed E-state index contributed by atoms with van der Waals surface area (Å²) in [5.41, 5.74) is 3.63. The molecule has 0 radical (unpaired) electrons. The molecule has 0 aliphatic carbocycles. The molecular formula is C17H20N4. The van der Waals surface area contributed by atoms with E-state index in [1.807, 2.05) is 6.20 Å². The first-order valence-electron chi connectivity index (χ1n) is 7.42. The quantitative estimate of drug-likeness (QED) is 0.865. The predicted molar refractivity (Wildman–Crippen MR) is 81.7 cm³/mol. The number of hydrogen-bond donors (Lipinski definition) is 0. The van der Waals surface area contributed by atoms with Crippen LogP contribution in [0, 0.1) is 18.3 Å². The minimum absolute atomic E-state index is 0.491. The Morgan fingerprint density at radius 3 is 2.71 bits per heavy atom. The Hall–Kier alpha value is -2.12. The smallest absolute Gasteiger partial charge is 0.0669 e. The zero-order chi connectivity index (χ0) is 14.7. The van der Waals surface area contributed by atoms with E-state index < -0.39 is 0 Å². The Morgan fingerprint density at radius 1 is 1.29 bits per heavy atom. The topological polar surface area (TPSA) is 44.9 Å². The fraction of sp³-hybridized carbons (Fsp3) is 0.412. The molecule has 0 bridgehead atoms. The summed E-state index contributed by atoms with van der Waals surface area (Å²) >= 11 is 0. The maximum atomic E-state index is 8.69. The number of nitrogens with zero attached hydrogens (tertiary/aromatic N) is 4. The van der Waals surface area contributed by atoms with E-state index >= 15 is 0 Å². The van der Waals surface area contributed by atoms with Crippen molar-refractivity contribution >= 4 is 0 Å². The van der Waals surface area contributed by atoms with Crippen molar-refractivity contribution in [2.45, 2.75) is 32.4 Å². The summed E-state index contributed by atoms with van der Waals surface area (Å²) in [5, 5.41) is 13.1. The maximum absolute atomic E-state index is 8.69. The van der Waals surface area contributed by atoms with Crippen LogP contribution in [-0.4, -0.2) is 27.8 Å². The minimum Gasteiger partial charge on any atom is -0.297 e. The summed E-state index contributed by atoms with van der Waals surface area (Å²) in [6, 6.07) is 11.1. The van der Waals surface area contributed by atoms with E-state index in [4.69, 9.17) is 5.26 Å². The molecule has 1 aliphatic heterocycles. The molecule has 1 aromatic carbocycles. The second kappa shape index (κ2) is 6.11. The average molecular weight is 280 g/mol. The van der Waals surface area contributed by atoms with E-state index in [0.29, 0.717) is 12.5 Å². The molecular weight excluding hydrogens is 260 g/mol. The Bertz CT molecular complexity index is 636. The van der Waals surface area contributed by atoms with Crippen molar-refractivity contribution in [3.05, 3.63) is 53.3 Å². The normalized spacial score (nSPS) is 18.8. The number of nitriles is 1. The number of benzene rings is 1. The molecule has 1 atom stereocenters. The molecule has 1 unspecified atom stereocenters. The lowest BCUT2D eigenvalue weighted by Crippen LogP contribution is -2.21. The molecule has 21 heavy (non-hydrogen) atoms. The van der Waals surface area contributed by atoms with Gasteiger partial charge in [-0.2, -0.15) is 10.4 Å². The lowest BCUT2D eigenvalue weighted by Gasteiger charge is -2.16. The van der Waals surface area contributed by atoms with Crippen LogP contribution in [0.5, 0.6) is 0 Å². The lowest BCUT2D eigenvalue weighted by atomic mass is 10.1. The molecule has 0 saturated carbocycles. The van der Waals surface area contributed by atoms with Crippen LogP contribution in [0.4, 0.5) is 0 Å². The van der Waals surface area contributed by atoms with Crippen molar-refractivity contribution in [2.75, 3.05) is 13.1 Å². The zero-order valence-corrected chi connectivity index (χ0v) is 12.4. The summed E-state index contributed by atoms with van der Waals surface area (Å²) < 4.78 is 2.10. The Morgan fingerprint density at radius 2 is 2.05 bits per heavy atom. The van der Waals surface area contributed by atoms with Gasteiger partial charge in [-0.05, 0) is 30.0 Å². The molecule has 4 nitrogen and oxygen atoms in total. The van der Waals surface area contributed by atoms with Crippen LogP contribution >= 0.6 is 0 Å². The fourth-order valence-corrected chi connectivity index (χ4v) is 2.92. The molecule has 1 aromatic heterocycles. The molecule has 2 aromatic rings. The van der Waals surface area contributed by atoms with Crippen LogP contribution in [0.2, 0.25) is 0 Å². The Labute approximate surface area is 125 Å². The maximum Gasteiger partial charge on any atom is 0.0669 e. The molecule has 0 N–H and O–H groups in total. The Balaban J connectivity index is 1.58. The molecule has 4 heteroatoms. The van der Waals surface area contributed by atoms with Crippen molar-refractivity contribution in [3.63, 3.8) is 0 Å². The third-order valence-electron chi connectivity index (χ3n) is 4.06. The zero-order valence-electron chi connectivity index (χ0n) is 12.4. The van der Waals surface area contributed by atoms with Crippen molar-refractivity contribution < 1.29 is 0 Å². The fourth-order valence-electron chi connectivity index (χ4n) is 2.92. The molecule has 1 saturated heterocycles. The first-order chi connectivity index (χ1) is 10.2. The number of aromatic nitrogens is 2. The van der Waals surface area contributed by atoms with Gasteiger partial charge < -0.3 is 0 Å². The largest absolute Gasteiger partial charge is 0.297 e. The Kier molecular flexibility index (Phi) is 4.03. The SMILES string of the molecule is Cc1cnn(C2CCN(Cc3ccc(CC#N)cc3)C2)c1. The predicted octanol–water partition coefficient (Wildman–Crippen LogP) is 2.70. The molecule has 1 aliphatic rings. The van der Waals surface area contributed by atoms with Crippen molar-refractivity contribution in [2.24, 2.45) is 0 Å². The summed E-state index contributed by atoms with van der Waals surface area (Å²) in [6.07, 6.45) is 5.71. The third-order valence-corrected chi connectivity index (χ3v) is 4.06. The average Bonchev–Trinajstić information content (AvgIpc) is 3.10. The highest BCUT2D eigenvalue weighted by atomic mass is 15.3. The highest BCUT2D eigenvalue weighted by Gasteiger charge is 2.24. The van der Waals surface area contributed by atoms with Gasteiger partial charge in [0.15, 0.2) is 0 Å². The highest BCUT2D eigenvalue weighted by molar-refractivity contribution is 5.24. The van der Waals surface area contributed by atoms with Gasteiger partial charge in [-0.1, -0.05) is 24.3 Å². The molecule has 108 valence electrons. The van der Waals surface area contributed by atoms with Crippen LogP contribution < -0.4 is 0 Å². The second-order valence-corrected chi connectivity index (χ2v) is 5.83. The van der Waals surface area contributed by atoms with Gasteiger partial charge in [0.2, 0.25) is 0 Å². The van der Waals surface area contributed by atoms with E-state index in [1.54, 1.807) is 0 Å². The standard InChI is InChI=1S/C17H20N4/c1-14-10-19-21(11-14)17-7-9-20(13-17)12-16-4-2-15(3-5-16)6-8-18/h2-5,10-11,17H,6-7,9,12-13H2,1H3. The lowest BCUT2D eigenvalue weighted by molar-refractivity contribution is 0.311. The first kappa shape index (κ1) is 13.8. The molecule has 2 heterocycles. The summed E-state index contributed by atoms with van der Waals surface area (Å²) in [6.45, 7) is 5.23. The summed E-state index contributed by atoms with van der Waals surface area (Å²) in [5.74, 6) is 0. The van der Waals surface area contributed by atoms with Crippen LogP contribution in [0.1, 0.15) is 29.2 Å². The molecule has 1 fully saturated rings. The van der Waals surface area contributed by atoms with Crippen LogP contribution in [-0.2, 0) is 13.0 Å². The number of aryl methyl sites for hydroxylation is 1. The van der Waals surface area contributed by atoms with Gasteiger partial charge in [-0.3, -0.25) is 9.58 Å². The van der Waals surface area contributed by atoms with E-state index in [2.05, 4.69) is 58.1 Å². The highest BCUT2D eigenvalue weighted by Crippen LogP contribution is 2.23. The molecule has 0 amide bonds. The van der Waals surface area contributed by atoms with Crippen LogP contribution in [0.25, 0.3) is 0 Å². The van der Waals surface area contributed by atoms with Gasteiger partial charge in [-0.25, -0.2) is 0 Å². The van der Waals surface area contributed by atoms with E-state index in [9.17, 15) is 0 Å². The summed E-state index contributed by atoms with van der Waals surface area (Å²) in [7, 11) is 0. The number of hydrogen-bond acceptors (Lipinski definition) is 3. The second-order valence-electron chi connectivity index (χ2n) is 5.83. The molecule has 0 spiro atoms.